The maximum absolute atomic E-state index is 9.80. The fourth-order valence-corrected chi connectivity index (χ4v) is 3.28. The lowest BCUT2D eigenvalue weighted by Gasteiger charge is -2.26. The normalized spacial score (nSPS) is 22.1. The molecule has 19 heavy (non-hydrogen) atoms. The highest BCUT2D eigenvalue weighted by Gasteiger charge is 2.27. The van der Waals surface area contributed by atoms with Crippen molar-refractivity contribution < 1.29 is 5.11 Å². The number of aromatic nitrogens is 1. The Balaban J connectivity index is 1.69. The minimum atomic E-state index is -0.217. The Kier molecular flexibility index (Phi) is 3.58. The number of para-hydroxylation sites is 1. The van der Waals surface area contributed by atoms with Crippen molar-refractivity contribution in [3.05, 3.63) is 36.0 Å². The standard InChI is InChI=1S/C16H22N2O/c1-12(19)16-7-4-9-18(16)10-8-13-11-17-15-6-3-2-5-14(13)15/h2-3,5-6,11-12,16-17,19H,4,7-10H2,1H3/t12-,16?/m0/s1. The van der Waals surface area contributed by atoms with Gasteiger partial charge >= 0.3 is 0 Å². The molecule has 0 bridgehead atoms. The fourth-order valence-electron chi connectivity index (χ4n) is 3.28. The lowest BCUT2D eigenvalue weighted by atomic mass is 10.1. The van der Waals surface area contributed by atoms with E-state index < -0.39 is 0 Å². The van der Waals surface area contributed by atoms with Crippen LogP contribution in [0, 0.1) is 0 Å². The third-order valence-electron chi connectivity index (χ3n) is 4.31. The molecule has 0 radical (unpaired) electrons. The summed E-state index contributed by atoms with van der Waals surface area (Å²) in [6, 6.07) is 8.80. The second kappa shape index (κ2) is 5.35. The number of hydrogen-bond donors (Lipinski definition) is 2. The molecule has 102 valence electrons. The first-order valence-electron chi connectivity index (χ1n) is 7.23. The van der Waals surface area contributed by atoms with Crippen molar-refractivity contribution in [2.24, 2.45) is 0 Å². The highest BCUT2D eigenvalue weighted by Crippen LogP contribution is 2.22. The van der Waals surface area contributed by atoms with Crippen molar-refractivity contribution in [1.29, 1.82) is 0 Å². The molecule has 2 atom stereocenters. The number of aliphatic hydroxyl groups is 1. The fraction of sp³-hybridized carbons (Fsp3) is 0.500. The number of likely N-dealkylation sites (tertiary alicyclic amines) is 1. The second-order valence-electron chi connectivity index (χ2n) is 5.60. The molecular weight excluding hydrogens is 236 g/mol. The van der Waals surface area contributed by atoms with Crippen LogP contribution in [-0.4, -0.2) is 40.2 Å². The van der Waals surface area contributed by atoms with Gasteiger partial charge in [0, 0.05) is 29.7 Å². The first kappa shape index (κ1) is 12.7. The zero-order chi connectivity index (χ0) is 13.2. The molecule has 0 aliphatic carbocycles. The third kappa shape index (κ3) is 2.53. The summed E-state index contributed by atoms with van der Waals surface area (Å²) < 4.78 is 0. The molecular formula is C16H22N2O. The number of fused-ring (bicyclic) bond motifs is 1. The number of aromatic amines is 1. The van der Waals surface area contributed by atoms with E-state index in [0.29, 0.717) is 6.04 Å². The number of aliphatic hydroxyl groups excluding tert-OH is 1. The van der Waals surface area contributed by atoms with E-state index in [9.17, 15) is 5.11 Å². The molecule has 1 fully saturated rings. The monoisotopic (exact) mass is 258 g/mol. The Labute approximate surface area is 114 Å². The summed E-state index contributed by atoms with van der Waals surface area (Å²) in [5.74, 6) is 0. The molecule has 1 saturated heterocycles. The molecule has 2 N–H and O–H groups in total. The van der Waals surface area contributed by atoms with E-state index in [1.165, 1.54) is 22.9 Å². The highest BCUT2D eigenvalue weighted by molar-refractivity contribution is 5.83. The minimum Gasteiger partial charge on any atom is -0.392 e. The van der Waals surface area contributed by atoms with E-state index in [1.54, 1.807) is 0 Å². The Hall–Kier alpha value is -1.32. The summed E-state index contributed by atoms with van der Waals surface area (Å²) in [6.07, 6.45) is 5.30. The van der Waals surface area contributed by atoms with Crippen molar-refractivity contribution in [2.45, 2.75) is 38.3 Å². The largest absolute Gasteiger partial charge is 0.392 e. The quantitative estimate of drug-likeness (QED) is 0.884. The van der Waals surface area contributed by atoms with Crippen LogP contribution in [0.15, 0.2) is 30.5 Å². The van der Waals surface area contributed by atoms with Gasteiger partial charge in [-0.25, -0.2) is 0 Å². The Morgan fingerprint density at radius 3 is 3.11 bits per heavy atom. The SMILES string of the molecule is C[C@H](O)C1CCCN1CCc1c[nH]c2ccccc12. The van der Waals surface area contributed by atoms with Crippen LogP contribution in [0.4, 0.5) is 0 Å². The summed E-state index contributed by atoms with van der Waals surface area (Å²) in [5, 5.41) is 11.1. The third-order valence-corrected chi connectivity index (χ3v) is 4.31. The van der Waals surface area contributed by atoms with Crippen LogP contribution in [0.3, 0.4) is 0 Å². The van der Waals surface area contributed by atoms with E-state index in [2.05, 4.69) is 40.3 Å². The molecule has 1 unspecified atom stereocenters. The van der Waals surface area contributed by atoms with Crippen molar-refractivity contribution in [3.8, 4) is 0 Å². The summed E-state index contributed by atoms with van der Waals surface area (Å²) in [7, 11) is 0. The van der Waals surface area contributed by atoms with Gasteiger partial charge in [-0.1, -0.05) is 18.2 Å². The number of hydrogen-bond acceptors (Lipinski definition) is 2. The average Bonchev–Trinajstić information content (AvgIpc) is 3.03. The predicted octanol–water partition coefficient (Wildman–Crippen LogP) is 2.56. The van der Waals surface area contributed by atoms with Crippen molar-refractivity contribution in [1.82, 2.24) is 9.88 Å². The number of nitrogens with zero attached hydrogens (tertiary/aromatic N) is 1. The van der Waals surface area contributed by atoms with Crippen molar-refractivity contribution in [2.75, 3.05) is 13.1 Å². The van der Waals surface area contributed by atoms with Crippen LogP contribution in [-0.2, 0) is 6.42 Å². The number of benzene rings is 1. The maximum atomic E-state index is 9.80. The van der Waals surface area contributed by atoms with Gasteiger partial charge in [-0.3, -0.25) is 4.90 Å². The maximum Gasteiger partial charge on any atom is 0.0667 e. The molecule has 3 heteroatoms. The van der Waals surface area contributed by atoms with E-state index in [1.807, 2.05) is 6.92 Å². The molecule has 0 spiro atoms. The second-order valence-corrected chi connectivity index (χ2v) is 5.60. The number of H-pyrrole nitrogens is 1. The van der Waals surface area contributed by atoms with Crippen LogP contribution in [0.2, 0.25) is 0 Å². The summed E-state index contributed by atoms with van der Waals surface area (Å²) >= 11 is 0. The summed E-state index contributed by atoms with van der Waals surface area (Å²) in [4.78, 5) is 5.77. The lowest BCUT2D eigenvalue weighted by Crippen LogP contribution is -2.38. The predicted molar refractivity (Wildman–Crippen MR) is 78.3 cm³/mol. The van der Waals surface area contributed by atoms with Gasteiger partial charge in [-0.2, -0.15) is 0 Å². The van der Waals surface area contributed by atoms with Gasteiger partial charge in [0.15, 0.2) is 0 Å². The number of nitrogens with one attached hydrogen (secondary N) is 1. The molecule has 2 aromatic rings. The van der Waals surface area contributed by atoms with E-state index in [0.717, 1.165) is 25.9 Å². The first-order chi connectivity index (χ1) is 9.25. The van der Waals surface area contributed by atoms with Gasteiger partial charge in [0.2, 0.25) is 0 Å². The molecule has 1 aliphatic heterocycles. The van der Waals surface area contributed by atoms with Crippen LogP contribution < -0.4 is 0 Å². The van der Waals surface area contributed by atoms with E-state index in [4.69, 9.17) is 0 Å². The zero-order valence-electron chi connectivity index (χ0n) is 11.5. The summed E-state index contributed by atoms with van der Waals surface area (Å²) in [5.41, 5.74) is 2.60. The highest BCUT2D eigenvalue weighted by atomic mass is 16.3. The lowest BCUT2D eigenvalue weighted by molar-refractivity contribution is 0.0874. The molecule has 1 aliphatic rings. The van der Waals surface area contributed by atoms with Crippen molar-refractivity contribution in [3.63, 3.8) is 0 Å². The number of rotatable bonds is 4. The van der Waals surface area contributed by atoms with Gasteiger partial charge < -0.3 is 10.1 Å². The van der Waals surface area contributed by atoms with Crippen LogP contribution in [0.5, 0.6) is 0 Å². The minimum absolute atomic E-state index is 0.217. The Morgan fingerprint density at radius 2 is 2.26 bits per heavy atom. The Bertz CT molecular complexity index is 546. The Morgan fingerprint density at radius 1 is 1.42 bits per heavy atom. The van der Waals surface area contributed by atoms with Crippen LogP contribution in [0.25, 0.3) is 10.9 Å². The first-order valence-corrected chi connectivity index (χ1v) is 7.23. The molecule has 0 amide bonds. The zero-order valence-corrected chi connectivity index (χ0v) is 11.5. The van der Waals surface area contributed by atoms with Gasteiger partial charge in [0.05, 0.1) is 6.10 Å². The van der Waals surface area contributed by atoms with Crippen LogP contribution >= 0.6 is 0 Å². The molecule has 0 saturated carbocycles. The van der Waals surface area contributed by atoms with Gasteiger partial charge in [0.1, 0.15) is 0 Å². The van der Waals surface area contributed by atoms with Gasteiger partial charge in [0.25, 0.3) is 0 Å². The van der Waals surface area contributed by atoms with E-state index >= 15 is 0 Å². The van der Waals surface area contributed by atoms with Crippen molar-refractivity contribution >= 4 is 10.9 Å². The topological polar surface area (TPSA) is 39.3 Å². The molecule has 3 rings (SSSR count). The smallest absolute Gasteiger partial charge is 0.0667 e. The molecule has 3 nitrogen and oxygen atoms in total. The summed E-state index contributed by atoms with van der Waals surface area (Å²) in [6.45, 7) is 4.07. The molecule has 1 aromatic heterocycles. The van der Waals surface area contributed by atoms with Gasteiger partial charge in [-0.15, -0.1) is 0 Å². The average molecular weight is 258 g/mol. The molecule has 2 heterocycles. The molecule has 1 aromatic carbocycles. The van der Waals surface area contributed by atoms with Crippen LogP contribution in [0.1, 0.15) is 25.3 Å². The van der Waals surface area contributed by atoms with Gasteiger partial charge in [-0.05, 0) is 44.4 Å². The van der Waals surface area contributed by atoms with E-state index in [-0.39, 0.29) is 6.10 Å².